The van der Waals surface area contributed by atoms with Crippen LogP contribution in [0.3, 0.4) is 0 Å². The molecule has 0 aromatic heterocycles. The second-order valence-corrected chi connectivity index (χ2v) is 5.13. The van der Waals surface area contributed by atoms with Crippen LogP contribution in [0.4, 0.5) is 0 Å². The molecule has 7 nitrogen and oxygen atoms in total. The highest BCUT2D eigenvalue weighted by molar-refractivity contribution is 5.97. The number of carbonyl (C=O) groups excluding carboxylic acids is 2. The number of ether oxygens (including phenoxy) is 2. The molecule has 0 bridgehead atoms. The van der Waals surface area contributed by atoms with Crippen LogP contribution in [0.25, 0.3) is 0 Å². The molecule has 132 valence electrons. The quantitative estimate of drug-likeness (QED) is 0.697. The van der Waals surface area contributed by atoms with E-state index in [4.69, 9.17) is 9.47 Å². The molecule has 7 heteroatoms. The van der Waals surface area contributed by atoms with E-state index in [0.717, 1.165) is 0 Å². The van der Waals surface area contributed by atoms with E-state index in [2.05, 4.69) is 10.9 Å². The number of aromatic hydroxyl groups is 1. The van der Waals surface area contributed by atoms with Gasteiger partial charge in [-0.3, -0.25) is 20.4 Å². The lowest BCUT2D eigenvalue weighted by molar-refractivity contribution is -0.128. The van der Waals surface area contributed by atoms with E-state index in [9.17, 15) is 14.7 Å². The topological polar surface area (TPSA) is 96.9 Å². The van der Waals surface area contributed by atoms with Crippen molar-refractivity contribution in [3.8, 4) is 17.2 Å². The molecule has 0 saturated carbocycles. The Labute approximate surface area is 145 Å². The van der Waals surface area contributed by atoms with Crippen LogP contribution < -0.4 is 20.3 Å². The largest absolute Gasteiger partial charge is 0.507 e. The van der Waals surface area contributed by atoms with Crippen LogP contribution in [-0.2, 0) is 4.79 Å². The summed E-state index contributed by atoms with van der Waals surface area (Å²) in [5.41, 5.74) is 4.55. The van der Waals surface area contributed by atoms with Crippen molar-refractivity contribution in [2.75, 3.05) is 6.61 Å². The molecule has 0 aliphatic carbocycles. The zero-order valence-corrected chi connectivity index (χ0v) is 14.0. The summed E-state index contributed by atoms with van der Waals surface area (Å²) in [5.74, 6) is -0.120. The van der Waals surface area contributed by atoms with Gasteiger partial charge in [0.15, 0.2) is 6.10 Å². The van der Waals surface area contributed by atoms with Crippen molar-refractivity contribution in [1.82, 2.24) is 10.9 Å². The maximum absolute atomic E-state index is 12.0. The number of hydrogen-bond acceptors (Lipinski definition) is 5. The summed E-state index contributed by atoms with van der Waals surface area (Å²) in [7, 11) is 0. The van der Waals surface area contributed by atoms with Crippen molar-refractivity contribution in [2.24, 2.45) is 0 Å². The third-order valence-corrected chi connectivity index (χ3v) is 3.26. The van der Waals surface area contributed by atoms with Crippen LogP contribution in [0.5, 0.6) is 17.2 Å². The molecule has 2 rings (SSSR count). The minimum absolute atomic E-state index is 0.0582. The summed E-state index contributed by atoms with van der Waals surface area (Å²) < 4.78 is 10.8. The summed E-state index contributed by atoms with van der Waals surface area (Å²) in [5, 5.41) is 9.60. The standard InChI is InChI=1S/C18H20N2O5/c1-3-24-13-8-10-14(11-9-13)25-12(2)17(22)19-20-18(23)15-6-4-5-7-16(15)21/h4-12,21H,3H2,1-2H3,(H,19,22)(H,20,23). The summed E-state index contributed by atoms with van der Waals surface area (Å²) in [4.78, 5) is 23.9. The molecule has 2 amide bonds. The highest BCUT2D eigenvalue weighted by atomic mass is 16.5. The molecule has 0 heterocycles. The van der Waals surface area contributed by atoms with Crippen LogP contribution in [0.15, 0.2) is 48.5 Å². The minimum Gasteiger partial charge on any atom is -0.507 e. The molecule has 1 unspecified atom stereocenters. The number of hydrogen-bond donors (Lipinski definition) is 3. The lowest BCUT2D eigenvalue weighted by Crippen LogP contribution is -2.47. The number of rotatable bonds is 6. The highest BCUT2D eigenvalue weighted by Crippen LogP contribution is 2.18. The smallest absolute Gasteiger partial charge is 0.279 e. The average molecular weight is 344 g/mol. The van der Waals surface area contributed by atoms with Crippen LogP contribution >= 0.6 is 0 Å². The Morgan fingerprint density at radius 1 is 1.04 bits per heavy atom. The van der Waals surface area contributed by atoms with Crippen molar-refractivity contribution in [2.45, 2.75) is 20.0 Å². The molecular formula is C18H20N2O5. The lowest BCUT2D eigenvalue weighted by atomic mass is 10.2. The molecule has 25 heavy (non-hydrogen) atoms. The number of phenolic OH excluding ortho intramolecular Hbond substituents is 1. The van der Waals surface area contributed by atoms with E-state index in [0.29, 0.717) is 18.1 Å². The van der Waals surface area contributed by atoms with E-state index in [1.807, 2.05) is 6.92 Å². The molecular weight excluding hydrogens is 324 g/mol. The highest BCUT2D eigenvalue weighted by Gasteiger charge is 2.17. The normalized spacial score (nSPS) is 11.3. The van der Waals surface area contributed by atoms with Gasteiger partial charge in [-0.1, -0.05) is 12.1 Å². The molecule has 0 fully saturated rings. The zero-order chi connectivity index (χ0) is 18.2. The Bertz CT molecular complexity index is 731. The minimum atomic E-state index is -0.831. The Morgan fingerprint density at radius 2 is 1.68 bits per heavy atom. The number of benzene rings is 2. The lowest BCUT2D eigenvalue weighted by Gasteiger charge is -2.15. The fourth-order valence-electron chi connectivity index (χ4n) is 1.99. The summed E-state index contributed by atoms with van der Waals surface area (Å²) in [6, 6.07) is 12.9. The van der Waals surface area contributed by atoms with Gasteiger partial charge in [0.2, 0.25) is 0 Å². The molecule has 0 radical (unpaired) electrons. The van der Waals surface area contributed by atoms with Gasteiger partial charge in [0.25, 0.3) is 11.8 Å². The number of phenols is 1. The van der Waals surface area contributed by atoms with Gasteiger partial charge in [-0.25, -0.2) is 0 Å². The molecule has 0 aliphatic heterocycles. The van der Waals surface area contributed by atoms with Crippen LogP contribution in [-0.4, -0.2) is 29.6 Å². The maximum Gasteiger partial charge on any atom is 0.279 e. The first kappa shape index (κ1) is 18.1. The fraction of sp³-hybridized carbons (Fsp3) is 0.222. The van der Waals surface area contributed by atoms with Crippen molar-refractivity contribution in [1.29, 1.82) is 0 Å². The Balaban J connectivity index is 1.85. The van der Waals surface area contributed by atoms with Gasteiger partial charge < -0.3 is 14.6 Å². The number of nitrogens with one attached hydrogen (secondary N) is 2. The van der Waals surface area contributed by atoms with Gasteiger partial charge in [-0.15, -0.1) is 0 Å². The predicted octanol–water partition coefficient (Wildman–Crippen LogP) is 2.02. The van der Waals surface area contributed by atoms with Crippen molar-refractivity contribution >= 4 is 11.8 Å². The van der Waals surface area contributed by atoms with Gasteiger partial charge in [0, 0.05) is 0 Å². The molecule has 2 aromatic carbocycles. The molecule has 0 saturated heterocycles. The van der Waals surface area contributed by atoms with Gasteiger partial charge in [-0.05, 0) is 50.2 Å². The van der Waals surface area contributed by atoms with Gasteiger partial charge in [-0.2, -0.15) is 0 Å². The van der Waals surface area contributed by atoms with Gasteiger partial charge in [0.1, 0.15) is 17.2 Å². The first-order chi connectivity index (χ1) is 12.0. The van der Waals surface area contributed by atoms with Crippen LogP contribution in [0, 0.1) is 0 Å². The van der Waals surface area contributed by atoms with Gasteiger partial charge >= 0.3 is 0 Å². The molecule has 1 atom stereocenters. The second-order valence-electron chi connectivity index (χ2n) is 5.13. The predicted molar refractivity (Wildman–Crippen MR) is 91.4 cm³/mol. The van der Waals surface area contributed by atoms with E-state index in [1.165, 1.54) is 12.1 Å². The first-order valence-corrected chi connectivity index (χ1v) is 7.79. The average Bonchev–Trinajstić information content (AvgIpc) is 2.61. The summed E-state index contributed by atoms with van der Waals surface area (Å²) in [6.07, 6.45) is -0.831. The monoisotopic (exact) mass is 344 g/mol. The maximum atomic E-state index is 12.0. The third kappa shape index (κ3) is 5.13. The zero-order valence-electron chi connectivity index (χ0n) is 14.0. The van der Waals surface area contributed by atoms with E-state index >= 15 is 0 Å². The van der Waals surface area contributed by atoms with Crippen molar-refractivity contribution < 1.29 is 24.2 Å². The van der Waals surface area contributed by atoms with Crippen molar-refractivity contribution in [3.05, 3.63) is 54.1 Å². The number of para-hydroxylation sites is 1. The van der Waals surface area contributed by atoms with Crippen molar-refractivity contribution in [3.63, 3.8) is 0 Å². The molecule has 0 aliphatic rings. The molecule has 2 aromatic rings. The summed E-state index contributed by atoms with van der Waals surface area (Å²) >= 11 is 0. The number of carbonyl (C=O) groups is 2. The number of hydrazine groups is 1. The molecule has 0 spiro atoms. The first-order valence-electron chi connectivity index (χ1n) is 7.79. The second kappa shape index (κ2) is 8.58. The van der Waals surface area contributed by atoms with Crippen LogP contribution in [0.2, 0.25) is 0 Å². The Morgan fingerprint density at radius 3 is 2.32 bits per heavy atom. The SMILES string of the molecule is CCOc1ccc(OC(C)C(=O)NNC(=O)c2ccccc2O)cc1. The number of amides is 2. The van der Waals surface area contributed by atoms with E-state index < -0.39 is 17.9 Å². The Kier molecular flexibility index (Phi) is 6.22. The third-order valence-electron chi connectivity index (χ3n) is 3.26. The molecule has 3 N–H and O–H groups in total. The van der Waals surface area contributed by atoms with E-state index in [1.54, 1.807) is 43.3 Å². The van der Waals surface area contributed by atoms with Gasteiger partial charge in [0.05, 0.1) is 12.2 Å². The Hall–Kier alpha value is -3.22. The van der Waals surface area contributed by atoms with E-state index in [-0.39, 0.29) is 11.3 Å². The van der Waals surface area contributed by atoms with Crippen LogP contribution in [0.1, 0.15) is 24.2 Å². The summed E-state index contributed by atoms with van der Waals surface area (Å²) in [6.45, 7) is 4.01. The fourth-order valence-corrected chi connectivity index (χ4v) is 1.99.